The maximum absolute atomic E-state index is 5.90. The van der Waals surface area contributed by atoms with Crippen molar-refractivity contribution in [2.45, 2.75) is 32.6 Å². The predicted molar refractivity (Wildman–Crippen MR) is 85.2 cm³/mol. The van der Waals surface area contributed by atoms with Crippen molar-refractivity contribution < 1.29 is 4.74 Å². The van der Waals surface area contributed by atoms with Gasteiger partial charge >= 0.3 is 0 Å². The lowest BCUT2D eigenvalue weighted by molar-refractivity contribution is 0.414. The maximum Gasteiger partial charge on any atom is 0.222 e. The molecule has 0 spiro atoms. The van der Waals surface area contributed by atoms with Crippen molar-refractivity contribution in [3.63, 3.8) is 0 Å². The number of unbranched alkanes of at least 4 members (excludes halogenated alkanes) is 1. The molecule has 2 rings (SSSR count). The molecule has 5 heteroatoms. The van der Waals surface area contributed by atoms with Crippen LogP contribution in [-0.2, 0) is 12.8 Å². The number of rotatable bonds is 6. The molecule has 1 aromatic carbocycles. The van der Waals surface area contributed by atoms with E-state index >= 15 is 0 Å². The van der Waals surface area contributed by atoms with E-state index in [2.05, 4.69) is 22.1 Å². The Morgan fingerprint density at radius 2 is 1.67 bits per heavy atom. The average molecular weight is 286 g/mol. The van der Waals surface area contributed by atoms with Crippen LogP contribution in [0.15, 0.2) is 24.3 Å². The molecule has 0 amide bonds. The monoisotopic (exact) mass is 286 g/mol. The molecular formula is C16H22N4O. The quantitative estimate of drug-likeness (QED) is 0.797. The van der Waals surface area contributed by atoms with Gasteiger partial charge < -0.3 is 16.2 Å². The van der Waals surface area contributed by atoms with Crippen LogP contribution in [0.2, 0.25) is 0 Å². The molecule has 0 atom stereocenters. The van der Waals surface area contributed by atoms with E-state index in [-0.39, 0.29) is 5.95 Å². The van der Waals surface area contributed by atoms with Crippen molar-refractivity contribution in [1.29, 1.82) is 0 Å². The molecule has 0 aliphatic carbocycles. The standard InChI is InChI=1S/C16H22N4O/c1-11-14(15(17)20-16(18)19-11)6-4-3-5-12-7-9-13(21-2)10-8-12/h7-10H,3-6H2,1-2H3,(H4,17,18,19,20). The summed E-state index contributed by atoms with van der Waals surface area (Å²) in [5, 5.41) is 0. The number of ether oxygens (including phenoxy) is 1. The molecule has 0 fully saturated rings. The van der Waals surface area contributed by atoms with Crippen LogP contribution in [0.4, 0.5) is 11.8 Å². The van der Waals surface area contributed by atoms with Crippen LogP contribution in [0.1, 0.15) is 29.7 Å². The number of nitrogen functional groups attached to an aromatic ring is 2. The van der Waals surface area contributed by atoms with Gasteiger partial charge in [-0.25, -0.2) is 4.98 Å². The van der Waals surface area contributed by atoms with Crippen LogP contribution in [0.3, 0.4) is 0 Å². The first kappa shape index (κ1) is 15.1. The summed E-state index contributed by atoms with van der Waals surface area (Å²) in [6.45, 7) is 1.92. The minimum Gasteiger partial charge on any atom is -0.497 e. The second kappa shape index (κ2) is 6.92. The number of nitrogens with zero attached hydrogens (tertiary/aromatic N) is 2. The zero-order chi connectivity index (χ0) is 15.2. The van der Waals surface area contributed by atoms with E-state index in [1.54, 1.807) is 7.11 Å². The summed E-state index contributed by atoms with van der Waals surface area (Å²) in [4.78, 5) is 8.18. The van der Waals surface area contributed by atoms with Crippen molar-refractivity contribution in [1.82, 2.24) is 9.97 Å². The average Bonchev–Trinajstić information content (AvgIpc) is 2.46. The van der Waals surface area contributed by atoms with E-state index in [0.717, 1.165) is 42.7 Å². The molecule has 0 aliphatic rings. The second-order valence-corrected chi connectivity index (χ2v) is 5.09. The fourth-order valence-corrected chi connectivity index (χ4v) is 2.37. The Balaban J connectivity index is 1.84. The van der Waals surface area contributed by atoms with E-state index in [1.165, 1.54) is 5.56 Å². The van der Waals surface area contributed by atoms with E-state index in [0.29, 0.717) is 5.82 Å². The number of methoxy groups -OCH3 is 1. The molecule has 0 saturated carbocycles. The Kier molecular flexibility index (Phi) is 4.98. The van der Waals surface area contributed by atoms with Gasteiger partial charge in [0.05, 0.1) is 7.11 Å². The summed E-state index contributed by atoms with van der Waals surface area (Å²) < 4.78 is 5.15. The van der Waals surface area contributed by atoms with E-state index < -0.39 is 0 Å². The summed E-state index contributed by atoms with van der Waals surface area (Å²) in [5.41, 5.74) is 14.7. The van der Waals surface area contributed by atoms with Gasteiger partial charge in [0.15, 0.2) is 0 Å². The zero-order valence-corrected chi connectivity index (χ0v) is 12.6. The first-order valence-corrected chi connectivity index (χ1v) is 7.11. The number of hydrogen-bond donors (Lipinski definition) is 2. The first-order chi connectivity index (χ1) is 10.1. The number of hydrogen-bond acceptors (Lipinski definition) is 5. The van der Waals surface area contributed by atoms with Gasteiger partial charge in [-0.3, -0.25) is 0 Å². The van der Waals surface area contributed by atoms with Gasteiger partial charge in [-0.05, 0) is 50.3 Å². The highest BCUT2D eigenvalue weighted by atomic mass is 16.5. The van der Waals surface area contributed by atoms with Crippen molar-refractivity contribution in [3.8, 4) is 5.75 Å². The van der Waals surface area contributed by atoms with Crippen LogP contribution in [-0.4, -0.2) is 17.1 Å². The SMILES string of the molecule is COc1ccc(CCCCc2c(C)nc(N)nc2N)cc1. The lowest BCUT2D eigenvalue weighted by Gasteiger charge is -2.09. The van der Waals surface area contributed by atoms with Crippen LogP contribution >= 0.6 is 0 Å². The summed E-state index contributed by atoms with van der Waals surface area (Å²) in [6.07, 6.45) is 4.06. The maximum atomic E-state index is 5.90. The van der Waals surface area contributed by atoms with Crippen LogP contribution in [0, 0.1) is 6.92 Å². The van der Waals surface area contributed by atoms with Gasteiger partial charge in [-0.2, -0.15) is 4.98 Å². The first-order valence-electron chi connectivity index (χ1n) is 7.11. The normalized spacial score (nSPS) is 10.6. The highest BCUT2D eigenvalue weighted by Crippen LogP contribution is 2.18. The molecule has 1 heterocycles. The highest BCUT2D eigenvalue weighted by Gasteiger charge is 2.07. The van der Waals surface area contributed by atoms with E-state index in [1.807, 2.05) is 19.1 Å². The topological polar surface area (TPSA) is 87.0 Å². The Morgan fingerprint density at radius 1 is 1.00 bits per heavy atom. The second-order valence-electron chi connectivity index (χ2n) is 5.09. The molecule has 2 aromatic rings. The molecule has 4 N–H and O–H groups in total. The van der Waals surface area contributed by atoms with E-state index in [9.17, 15) is 0 Å². The number of aromatic nitrogens is 2. The largest absolute Gasteiger partial charge is 0.497 e. The number of nitrogens with two attached hydrogens (primary N) is 2. The third-order valence-corrected chi connectivity index (χ3v) is 3.56. The predicted octanol–water partition coefficient (Wildman–Crippen LogP) is 2.52. The van der Waals surface area contributed by atoms with Crippen LogP contribution in [0.25, 0.3) is 0 Å². The molecule has 21 heavy (non-hydrogen) atoms. The molecule has 0 bridgehead atoms. The van der Waals surface area contributed by atoms with Crippen molar-refractivity contribution in [2.75, 3.05) is 18.6 Å². The molecule has 112 valence electrons. The Morgan fingerprint density at radius 3 is 2.29 bits per heavy atom. The minimum atomic E-state index is 0.243. The van der Waals surface area contributed by atoms with Crippen LogP contribution in [0.5, 0.6) is 5.75 Å². The van der Waals surface area contributed by atoms with Crippen molar-refractivity contribution in [3.05, 3.63) is 41.1 Å². The number of benzene rings is 1. The van der Waals surface area contributed by atoms with E-state index in [4.69, 9.17) is 16.2 Å². The highest BCUT2D eigenvalue weighted by molar-refractivity contribution is 5.45. The number of anilines is 2. The Bertz CT molecular complexity index is 573. The fraction of sp³-hybridized carbons (Fsp3) is 0.375. The molecule has 0 saturated heterocycles. The Hall–Kier alpha value is -2.30. The molecule has 0 unspecified atom stereocenters. The Labute approximate surface area is 125 Å². The minimum absolute atomic E-state index is 0.243. The van der Waals surface area contributed by atoms with Gasteiger partial charge in [0.2, 0.25) is 5.95 Å². The lowest BCUT2D eigenvalue weighted by Crippen LogP contribution is -2.07. The zero-order valence-electron chi connectivity index (χ0n) is 12.6. The van der Waals surface area contributed by atoms with Gasteiger partial charge in [0, 0.05) is 11.3 Å². The van der Waals surface area contributed by atoms with Crippen LogP contribution < -0.4 is 16.2 Å². The van der Waals surface area contributed by atoms with Gasteiger partial charge in [-0.15, -0.1) is 0 Å². The lowest BCUT2D eigenvalue weighted by atomic mass is 10.0. The number of aryl methyl sites for hydroxylation is 2. The summed E-state index contributed by atoms with van der Waals surface area (Å²) >= 11 is 0. The van der Waals surface area contributed by atoms with Gasteiger partial charge in [0.1, 0.15) is 11.6 Å². The van der Waals surface area contributed by atoms with Gasteiger partial charge in [0.25, 0.3) is 0 Å². The summed E-state index contributed by atoms with van der Waals surface area (Å²) in [7, 11) is 1.68. The third-order valence-electron chi connectivity index (χ3n) is 3.56. The molecule has 1 aromatic heterocycles. The summed E-state index contributed by atoms with van der Waals surface area (Å²) in [6, 6.07) is 8.19. The molecule has 0 aliphatic heterocycles. The van der Waals surface area contributed by atoms with Gasteiger partial charge in [-0.1, -0.05) is 12.1 Å². The third kappa shape index (κ3) is 4.08. The summed E-state index contributed by atoms with van der Waals surface area (Å²) in [5.74, 6) is 1.64. The van der Waals surface area contributed by atoms with Crippen molar-refractivity contribution in [2.24, 2.45) is 0 Å². The molecule has 0 radical (unpaired) electrons. The molecular weight excluding hydrogens is 264 g/mol. The van der Waals surface area contributed by atoms with Crippen molar-refractivity contribution >= 4 is 11.8 Å². The smallest absolute Gasteiger partial charge is 0.222 e. The molecule has 5 nitrogen and oxygen atoms in total. The fourth-order valence-electron chi connectivity index (χ4n) is 2.37.